The minimum absolute atomic E-state index is 0.0102. The first-order valence-corrected chi connectivity index (χ1v) is 11.6. The van der Waals surface area contributed by atoms with E-state index in [2.05, 4.69) is 22.3 Å². The Balaban J connectivity index is 1.57. The Morgan fingerprint density at radius 2 is 1.91 bits per heavy atom. The minimum atomic E-state index is -0.278. The molecule has 3 aromatic rings. The molecule has 8 nitrogen and oxygen atoms in total. The number of nitrogens with zero attached hydrogens (tertiary/aromatic N) is 3. The summed E-state index contributed by atoms with van der Waals surface area (Å²) in [6, 6.07) is 9.55. The van der Waals surface area contributed by atoms with Crippen molar-refractivity contribution in [1.29, 1.82) is 0 Å². The topological polar surface area (TPSA) is 87.9 Å². The van der Waals surface area contributed by atoms with Gasteiger partial charge in [0.05, 0.1) is 23.2 Å². The third-order valence-electron chi connectivity index (χ3n) is 6.37. The molecule has 0 bridgehead atoms. The number of hydrogen-bond acceptors (Lipinski definition) is 7. The highest BCUT2D eigenvalue weighted by molar-refractivity contribution is 6.28. The largest absolute Gasteiger partial charge is 0.450 e. The van der Waals surface area contributed by atoms with Gasteiger partial charge in [-0.2, -0.15) is 0 Å². The van der Waals surface area contributed by atoms with E-state index in [4.69, 9.17) is 9.26 Å². The smallest absolute Gasteiger partial charge is 0.409 e. The third kappa shape index (κ3) is 3.59. The molecule has 2 heterocycles. The molecule has 0 spiro atoms. The van der Waals surface area contributed by atoms with Crippen molar-refractivity contribution < 1.29 is 18.8 Å². The number of fused-ring (bicyclic) bond motifs is 2. The summed E-state index contributed by atoms with van der Waals surface area (Å²) in [5, 5.41) is 8.68. The average molecular weight is 449 g/mol. The fourth-order valence-electron chi connectivity index (χ4n) is 4.67. The Morgan fingerprint density at radius 1 is 1.15 bits per heavy atom. The summed E-state index contributed by atoms with van der Waals surface area (Å²) in [5.74, 6) is 0.629. The number of piperazine rings is 1. The summed E-state index contributed by atoms with van der Waals surface area (Å²) in [5.41, 5.74) is 4.46. The molecule has 2 aromatic carbocycles. The summed E-state index contributed by atoms with van der Waals surface area (Å²) in [7, 11) is 0. The lowest BCUT2D eigenvalue weighted by Crippen LogP contribution is -2.49. The van der Waals surface area contributed by atoms with E-state index >= 15 is 0 Å². The fraction of sp³-hybridized carbons (Fsp3) is 0.400. The van der Waals surface area contributed by atoms with Gasteiger partial charge in [0.25, 0.3) is 0 Å². The van der Waals surface area contributed by atoms with Crippen molar-refractivity contribution in [2.24, 2.45) is 0 Å². The maximum atomic E-state index is 13.5. The highest BCUT2D eigenvalue weighted by Crippen LogP contribution is 2.45. The Bertz CT molecular complexity index is 1210. The average Bonchev–Trinajstić information content (AvgIpc) is 3.28. The van der Waals surface area contributed by atoms with E-state index in [0.717, 1.165) is 41.7 Å². The van der Waals surface area contributed by atoms with Crippen LogP contribution in [0.4, 0.5) is 16.2 Å². The highest BCUT2D eigenvalue weighted by Gasteiger charge is 2.34. The number of hydrogen-bond donors (Lipinski definition) is 1. The number of amides is 1. The lowest BCUT2D eigenvalue weighted by Gasteiger charge is -2.36. The normalized spacial score (nSPS) is 15.0. The van der Waals surface area contributed by atoms with Gasteiger partial charge in [-0.25, -0.2) is 4.79 Å². The molecule has 1 saturated heterocycles. The number of unbranched alkanes of at least 4 members (excludes halogenated alkanes) is 1. The van der Waals surface area contributed by atoms with Crippen molar-refractivity contribution in [2.75, 3.05) is 49.5 Å². The van der Waals surface area contributed by atoms with Crippen LogP contribution in [0, 0.1) is 0 Å². The van der Waals surface area contributed by atoms with Gasteiger partial charge in [0, 0.05) is 49.5 Å². The summed E-state index contributed by atoms with van der Waals surface area (Å²) >= 11 is 0. The number of benzene rings is 2. The number of anilines is 2. The van der Waals surface area contributed by atoms with E-state index in [-0.39, 0.29) is 11.9 Å². The zero-order valence-electron chi connectivity index (χ0n) is 19.0. The van der Waals surface area contributed by atoms with Crippen molar-refractivity contribution >= 4 is 34.2 Å². The van der Waals surface area contributed by atoms with E-state index < -0.39 is 0 Å². The zero-order valence-corrected chi connectivity index (χ0v) is 19.0. The first kappa shape index (κ1) is 21.3. The van der Waals surface area contributed by atoms with Crippen LogP contribution in [0.25, 0.3) is 22.2 Å². The Hall–Kier alpha value is -3.55. The van der Waals surface area contributed by atoms with Gasteiger partial charge in [0.1, 0.15) is 5.52 Å². The lowest BCUT2D eigenvalue weighted by atomic mass is 9.86. The second-order valence-electron chi connectivity index (χ2n) is 8.38. The van der Waals surface area contributed by atoms with Crippen LogP contribution in [-0.4, -0.2) is 61.3 Å². The van der Waals surface area contributed by atoms with Crippen molar-refractivity contribution in [3.8, 4) is 11.3 Å². The first-order valence-electron chi connectivity index (χ1n) is 11.6. The number of carbonyl (C=O) groups is 2. The lowest BCUT2D eigenvalue weighted by molar-refractivity contribution is 0.103. The molecule has 8 heteroatoms. The van der Waals surface area contributed by atoms with E-state index in [1.54, 1.807) is 4.90 Å². The predicted molar refractivity (Wildman–Crippen MR) is 127 cm³/mol. The summed E-state index contributed by atoms with van der Waals surface area (Å²) in [6.07, 6.45) is 1.79. The number of ether oxygens (including phenoxy) is 1. The third-order valence-corrected chi connectivity index (χ3v) is 6.37. The van der Waals surface area contributed by atoms with Crippen molar-refractivity contribution in [1.82, 2.24) is 10.1 Å². The molecule has 1 fully saturated rings. The highest BCUT2D eigenvalue weighted by atomic mass is 16.6. The molecule has 0 saturated carbocycles. The number of ketones is 1. The molecular weight excluding hydrogens is 420 g/mol. The van der Waals surface area contributed by atoms with Gasteiger partial charge in [-0.1, -0.05) is 42.8 Å². The number of aromatic nitrogens is 1. The van der Waals surface area contributed by atoms with Crippen LogP contribution in [0.2, 0.25) is 0 Å². The summed E-state index contributed by atoms with van der Waals surface area (Å²) in [4.78, 5) is 29.6. The summed E-state index contributed by atoms with van der Waals surface area (Å²) < 4.78 is 11.0. The molecule has 0 atom stereocenters. The van der Waals surface area contributed by atoms with Gasteiger partial charge in [-0.05, 0) is 19.4 Å². The van der Waals surface area contributed by atoms with Gasteiger partial charge in [0.2, 0.25) is 0 Å². The number of nitrogens with one attached hydrogen (secondary N) is 1. The van der Waals surface area contributed by atoms with E-state index in [1.165, 1.54) is 0 Å². The molecule has 1 amide bonds. The maximum absolute atomic E-state index is 13.5. The second-order valence-corrected chi connectivity index (χ2v) is 8.38. The van der Waals surface area contributed by atoms with E-state index in [1.807, 2.05) is 37.3 Å². The quantitative estimate of drug-likeness (QED) is 0.434. The Morgan fingerprint density at radius 3 is 2.64 bits per heavy atom. The molecule has 1 N–H and O–H groups in total. The van der Waals surface area contributed by atoms with Crippen LogP contribution >= 0.6 is 0 Å². The predicted octanol–water partition coefficient (Wildman–Crippen LogP) is 4.53. The molecular formula is C25H28N4O4. The molecule has 1 aliphatic heterocycles. The van der Waals surface area contributed by atoms with E-state index in [9.17, 15) is 9.59 Å². The van der Waals surface area contributed by atoms with Gasteiger partial charge >= 0.3 is 6.09 Å². The van der Waals surface area contributed by atoms with Crippen LogP contribution in [0.5, 0.6) is 0 Å². The van der Waals surface area contributed by atoms with Crippen molar-refractivity contribution in [2.45, 2.75) is 26.7 Å². The Labute approximate surface area is 192 Å². The molecule has 1 aliphatic carbocycles. The van der Waals surface area contributed by atoms with Gasteiger partial charge in [0.15, 0.2) is 11.5 Å². The zero-order chi connectivity index (χ0) is 22.9. The standard InChI is InChI=1S/C25H28N4O4/c1-3-5-10-26-18-15-19(28-11-13-29(14-12-28)25(31)32-4-2)22-21-20(18)23(30)16-8-6-7-9-17(16)24(21)33-27-22/h6-9,15,26H,3-5,10-14H2,1-2H3. The van der Waals surface area contributed by atoms with E-state index in [0.29, 0.717) is 55.2 Å². The first-order chi connectivity index (χ1) is 16.1. The van der Waals surface area contributed by atoms with Gasteiger partial charge < -0.3 is 24.4 Å². The van der Waals surface area contributed by atoms with Crippen molar-refractivity contribution in [3.05, 3.63) is 41.5 Å². The van der Waals surface area contributed by atoms with Crippen LogP contribution < -0.4 is 10.2 Å². The molecule has 2 aliphatic rings. The van der Waals surface area contributed by atoms with Crippen LogP contribution in [-0.2, 0) is 4.74 Å². The van der Waals surface area contributed by atoms with Gasteiger partial charge in [-0.3, -0.25) is 4.79 Å². The minimum Gasteiger partial charge on any atom is -0.450 e. The Kier molecular flexibility index (Phi) is 5.66. The molecule has 33 heavy (non-hydrogen) atoms. The van der Waals surface area contributed by atoms with Gasteiger partial charge in [-0.15, -0.1) is 0 Å². The maximum Gasteiger partial charge on any atom is 0.409 e. The number of rotatable bonds is 6. The molecule has 172 valence electrons. The SMILES string of the molecule is CCCCNc1cc(N2CCN(C(=O)OCC)CC2)c2noc3c2c1C(=O)c1ccccc1-3. The molecule has 1 aromatic heterocycles. The molecule has 5 rings (SSSR count). The molecule has 0 radical (unpaired) electrons. The summed E-state index contributed by atoms with van der Waals surface area (Å²) in [6.45, 7) is 7.52. The monoisotopic (exact) mass is 448 g/mol. The van der Waals surface area contributed by atoms with Crippen LogP contribution in [0.3, 0.4) is 0 Å². The molecule has 0 unspecified atom stereocenters. The van der Waals surface area contributed by atoms with Crippen LogP contribution in [0.15, 0.2) is 34.9 Å². The van der Waals surface area contributed by atoms with Crippen LogP contribution in [0.1, 0.15) is 42.6 Å². The number of carbonyl (C=O) groups excluding carboxylic acids is 2. The van der Waals surface area contributed by atoms with Crippen molar-refractivity contribution in [3.63, 3.8) is 0 Å². The fourth-order valence-corrected chi connectivity index (χ4v) is 4.67. The second kappa shape index (κ2) is 8.77.